The zero-order chi connectivity index (χ0) is 19.1. The Morgan fingerprint density at radius 1 is 1.22 bits per heavy atom. The van der Waals surface area contributed by atoms with Gasteiger partial charge in [0.2, 0.25) is 11.8 Å². The van der Waals surface area contributed by atoms with Gasteiger partial charge in [-0.1, -0.05) is 24.3 Å². The van der Waals surface area contributed by atoms with Crippen LogP contribution in [-0.2, 0) is 22.6 Å². The first-order valence-corrected chi connectivity index (χ1v) is 9.32. The normalized spacial score (nSPS) is 17.0. The fraction of sp³-hybridized carbons (Fsp3) is 0.381. The number of piperidine rings is 1. The van der Waals surface area contributed by atoms with Crippen molar-refractivity contribution in [1.29, 1.82) is 0 Å². The van der Waals surface area contributed by atoms with E-state index in [2.05, 4.69) is 10.3 Å². The molecule has 1 atom stereocenters. The van der Waals surface area contributed by atoms with Gasteiger partial charge in [-0.2, -0.15) is 0 Å². The summed E-state index contributed by atoms with van der Waals surface area (Å²) in [6, 6.07) is 12.2. The van der Waals surface area contributed by atoms with E-state index >= 15 is 0 Å². The molecule has 6 heteroatoms. The highest BCUT2D eigenvalue weighted by atomic mass is 19.1. The average Bonchev–Trinajstić information content (AvgIpc) is 2.69. The SMILES string of the molecule is O=C(NCCCc1ccccn1)[C@H]1CCC(=O)N(Cc2ccccc2F)C1. The molecule has 27 heavy (non-hydrogen) atoms. The molecule has 1 fully saturated rings. The van der Waals surface area contributed by atoms with E-state index in [4.69, 9.17) is 0 Å². The molecular formula is C21H24FN3O2. The van der Waals surface area contributed by atoms with Crippen LogP contribution in [0.5, 0.6) is 0 Å². The summed E-state index contributed by atoms with van der Waals surface area (Å²) in [5.74, 6) is -0.643. The Balaban J connectivity index is 1.47. The number of pyridine rings is 1. The van der Waals surface area contributed by atoms with Gasteiger partial charge in [-0.25, -0.2) is 4.39 Å². The number of hydrogen-bond acceptors (Lipinski definition) is 3. The van der Waals surface area contributed by atoms with Crippen LogP contribution >= 0.6 is 0 Å². The molecule has 1 aromatic carbocycles. The predicted octanol–water partition coefficient (Wildman–Crippen LogP) is 2.71. The fourth-order valence-corrected chi connectivity index (χ4v) is 3.29. The third kappa shape index (κ3) is 5.36. The van der Waals surface area contributed by atoms with Crippen molar-refractivity contribution in [2.75, 3.05) is 13.1 Å². The van der Waals surface area contributed by atoms with E-state index in [-0.39, 0.29) is 30.1 Å². The number of benzene rings is 1. The van der Waals surface area contributed by atoms with Crippen LogP contribution in [0.3, 0.4) is 0 Å². The summed E-state index contributed by atoms with van der Waals surface area (Å²) in [5, 5.41) is 2.95. The number of aromatic nitrogens is 1. The van der Waals surface area contributed by atoms with Crippen LogP contribution in [0.2, 0.25) is 0 Å². The minimum atomic E-state index is -0.327. The van der Waals surface area contributed by atoms with Crippen molar-refractivity contribution in [2.24, 2.45) is 5.92 Å². The summed E-state index contributed by atoms with van der Waals surface area (Å²) >= 11 is 0. The quantitative estimate of drug-likeness (QED) is 0.764. The van der Waals surface area contributed by atoms with Crippen molar-refractivity contribution in [3.05, 3.63) is 65.7 Å². The summed E-state index contributed by atoms with van der Waals surface area (Å²) in [6.45, 7) is 1.11. The number of carbonyl (C=O) groups excluding carboxylic acids is 2. The van der Waals surface area contributed by atoms with Gasteiger partial charge < -0.3 is 10.2 Å². The number of aryl methyl sites for hydroxylation is 1. The number of nitrogens with one attached hydrogen (secondary N) is 1. The van der Waals surface area contributed by atoms with Gasteiger partial charge in [-0.3, -0.25) is 14.6 Å². The number of halogens is 1. The van der Waals surface area contributed by atoms with E-state index < -0.39 is 0 Å². The van der Waals surface area contributed by atoms with Gasteiger partial charge in [0.1, 0.15) is 5.82 Å². The van der Waals surface area contributed by atoms with Crippen molar-refractivity contribution >= 4 is 11.8 Å². The zero-order valence-electron chi connectivity index (χ0n) is 15.2. The fourth-order valence-electron chi connectivity index (χ4n) is 3.29. The van der Waals surface area contributed by atoms with E-state index in [0.717, 1.165) is 18.5 Å². The largest absolute Gasteiger partial charge is 0.356 e. The number of rotatable bonds is 7. The molecule has 0 spiro atoms. The summed E-state index contributed by atoms with van der Waals surface area (Å²) in [4.78, 5) is 30.4. The lowest BCUT2D eigenvalue weighted by molar-refractivity contribution is -0.138. The van der Waals surface area contributed by atoms with E-state index in [1.165, 1.54) is 6.07 Å². The lowest BCUT2D eigenvalue weighted by Crippen LogP contribution is -2.45. The molecule has 0 bridgehead atoms. The van der Waals surface area contributed by atoms with Gasteiger partial charge in [0.05, 0.1) is 5.92 Å². The number of likely N-dealkylation sites (tertiary alicyclic amines) is 1. The van der Waals surface area contributed by atoms with Gasteiger partial charge in [-0.05, 0) is 37.5 Å². The monoisotopic (exact) mass is 369 g/mol. The molecule has 0 saturated carbocycles. The molecule has 1 N–H and O–H groups in total. The maximum atomic E-state index is 13.9. The molecule has 1 aliphatic rings. The molecule has 5 nitrogen and oxygen atoms in total. The summed E-state index contributed by atoms with van der Waals surface area (Å²) < 4.78 is 13.9. The minimum absolute atomic E-state index is 0.0301. The van der Waals surface area contributed by atoms with Crippen LogP contribution in [0.1, 0.15) is 30.5 Å². The standard InChI is InChI=1S/C21H24FN3O2/c22-19-9-2-1-6-16(19)14-25-15-17(10-11-20(25)26)21(27)24-13-5-8-18-7-3-4-12-23-18/h1-4,6-7,9,12,17H,5,8,10-11,13-15H2,(H,24,27)/t17-/m0/s1. The second kappa shape index (κ2) is 9.26. The Morgan fingerprint density at radius 2 is 2.04 bits per heavy atom. The van der Waals surface area contributed by atoms with Crippen LogP contribution in [0.25, 0.3) is 0 Å². The lowest BCUT2D eigenvalue weighted by atomic mass is 9.96. The first-order valence-electron chi connectivity index (χ1n) is 9.32. The van der Waals surface area contributed by atoms with Crippen LogP contribution in [0.4, 0.5) is 4.39 Å². The number of carbonyl (C=O) groups is 2. The Labute approximate surface area is 158 Å². The highest BCUT2D eigenvalue weighted by Crippen LogP contribution is 2.21. The average molecular weight is 369 g/mol. The highest BCUT2D eigenvalue weighted by Gasteiger charge is 2.30. The van der Waals surface area contributed by atoms with Crippen molar-refractivity contribution in [1.82, 2.24) is 15.2 Å². The second-order valence-electron chi connectivity index (χ2n) is 6.82. The molecule has 2 aromatic rings. The lowest BCUT2D eigenvalue weighted by Gasteiger charge is -2.32. The molecule has 142 valence electrons. The maximum Gasteiger partial charge on any atom is 0.224 e. The molecular weight excluding hydrogens is 345 g/mol. The first kappa shape index (κ1) is 19.0. The zero-order valence-corrected chi connectivity index (χ0v) is 15.2. The van der Waals surface area contributed by atoms with Crippen molar-refractivity contribution in [2.45, 2.75) is 32.2 Å². The third-order valence-corrected chi connectivity index (χ3v) is 4.83. The molecule has 2 heterocycles. The van der Waals surface area contributed by atoms with Crippen LogP contribution in [0, 0.1) is 11.7 Å². The van der Waals surface area contributed by atoms with Crippen molar-refractivity contribution in [3.8, 4) is 0 Å². The summed E-state index contributed by atoms with van der Waals surface area (Å²) in [6.07, 6.45) is 4.24. The Kier molecular flexibility index (Phi) is 6.52. The van der Waals surface area contributed by atoms with Gasteiger partial charge in [-0.15, -0.1) is 0 Å². The predicted molar refractivity (Wildman–Crippen MR) is 100 cm³/mol. The third-order valence-electron chi connectivity index (χ3n) is 4.83. The first-order chi connectivity index (χ1) is 13.1. The van der Waals surface area contributed by atoms with E-state index in [9.17, 15) is 14.0 Å². The molecule has 2 amide bonds. The molecule has 0 radical (unpaired) electrons. The number of nitrogens with zero attached hydrogens (tertiary/aromatic N) is 2. The highest BCUT2D eigenvalue weighted by molar-refractivity contribution is 5.83. The van der Waals surface area contributed by atoms with Crippen molar-refractivity contribution in [3.63, 3.8) is 0 Å². The van der Waals surface area contributed by atoms with Gasteiger partial charge in [0.25, 0.3) is 0 Å². The van der Waals surface area contributed by atoms with E-state index in [1.54, 1.807) is 29.3 Å². The number of amides is 2. The van der Waals surface area contributed by atoms with Gasteiger partial charge in [0, 0.05) is 43.5 Å². The molecule has 0 aliphatic carbocycles. The number of hydrogen-bond donors (Lipinski definition) is 1. The minimum Gasteiger partial charge on any atom is -0.356 e. The molecule has 0 unspecified atom stereocenters. The van der Waals surface area contributed by atoms with Gasteiger partial charge >= 0.3 is 0 Å². The summed E-state index contributed by atoms with van der Waals surface area (Å²) in [5.41, 5.74) is 1.48. The van der Waals surface area contributed by atoms with Crippen LogP contribution < -0.4 is 5.32 Å². The Hall–Kier alpha value is -2.76. The van der Waals surface area contributed by atoms with Crippen LogP contribution in [0.15, 0.2) is 48.7 Å². The molecule has 1 aromatic heterocycles. The molecule has 1 aliphatic heterocycles. The van der Waals surface area contributed by atoms with Gasteiger partial charge in [0.15, 0.2) is 0 Å². The van der Waals surface area contributed by atoms with E-state index in [0.29, 0.717) is 31.5 Å². The van der Waals surface area contributed by atoms with Crippen LogP contribution in [-0.4, -0.2) is 34.8 Å². The smallest absolute Gasteiger partial charge is 0.224 e. The Morgan fingerprint density at radius 3 is 2.81 bits per heavy atom. The molecule has 1 saturated heterocycles. The maximum absolute atomic E-state index is 13.9. The van der Waals surface area contributed by atoms with Crippen molar-refractivity contribution < 1.29 is 14.0 Å². The molecule has 3 rings (SSSR count). The Bertz CT molecular complexity index is 782. The second-order valence-corrected chi connectivity index (χ2v) is 6.82. The topological polar surface area (TPSA) is 62.3 Å². The summed E-state index contributed by atoms with van der Waals surface area (Å²) in [7, 11) is 0. The van der Waals surface area contributed by atoms with E-state index in [1.807, 2.05) is 18.2 Å².